The standard InChI is InChI=1S/C10H10F4O/c1-10(2,15)6-3-5(9(13)14)4-7(11)8(6)12/h3-4,9,15H,1-2H3. The highest BCUT2D eigenvalue weighted by atomic mass is 19.3. The van der Waals surface area contributed by atoms with E-state index >= 15 is 0 Å². The number of hydrogen-bond acceptors (Lipinski definition) is 1. The number of rotatable bonds is 2. The molecular weight excluding hydrogens is 212 g/mol. The second-order valence-electron chi connectivity index (χ2n) is 3.72. The van der Waals surface area contributed by atoms with E-state index in [-0.39, 0.29) is 0 Å². The first-order valence-electron chi connectivity index (χ1n) is 4.23. The van der Waals surface area contributed by atoms with Gasteiger partial charge in [0.05, 0.1) is 5.60 Å². The minimum Gasteiger partial charge on any atom is -0.386 e. The van der Waals surface area contributed by atoms with Crippen LogP contribution in [0, 0.1) is 11.6 Å². The average Bonchev–Trinajstić information content (AvgIpc) is 2.06. The van der Waals surface area contributed by atoms with Gasteiger partial charge in [0.15, 0.2) is 11.6 Å². The zero-order valence-electron chi connectivity index (χ0n) is 8.19. The molecule has 0 radical (unpaired) electrons. The van der Waals surface area contributed by atoms with Crippen molar-refractivity contribution in [2.45, 2.75) is 25.9 Å². The molecule has 0 unspecified atom stereocenters. The summed E-state index contributed by atoms with van der Waals surface area (Å²) in [5, 5.41) is 9.45. The van der Waals surface area contributed by atoms with Gasteiger partial charge in [0, 0.05) is 11.1 Å². The molecule has 0 aromatic heterocycles. The molecule has 1 N–H and O–H groups in total. The fourth-order valence-electron chi connectivity index (χ4n) is 1.18. The van der Waals surface area contributed by atoms with Crippen molar-refractivity contribution in [3.8, 4) is 0 Å². The highest BCUT2D eigenvalue weighted by Gasteiger charge is 2.25. The first kappa shape index (κ1) is 12.0. The molecule has 0 saturated carbocycles. The fraction of sp³-hybridized carbons (Fsp3) is 0.400. The zero-order chi connectivity index (χ0) is 11.8. The van der Waals surface area contributed by atoms with Crippen LogP contribution in [0.3, 0.4) is 0 Å². The highest BCUT2D eigenvalue weighted by molar-refractivity contribution is 5.30. The van der Waals surface area contributed by atoms with Crippen molar-refractivity contribution in [3.63, 3.8) is 0 Å². The lowest BCUT2D eigenvalue weighted by molar-refractivity contribution is 0.0729. The van der Waals surface area contributed by atoms with Gasteiger partial charge in [0.25, 0.3) is 6.43 Å². The van der Waals surface area contributed by atoms with Crippen molar-refractivity contribution < 1.29 is 22.7 Å². The Kier molecular flexibility index (Phi) is 3.04. The average molecular weight is 222 g/mol. The quantitative estimate of drug-likeness (QED) is 0.762. The molecule has 0 bridgehead atoms. The third kappa shape index (κ3) is 2.47. The van der Waals surface area contributed by atoms with Crippen LogP contribution in [-0.2, 0) is 5.60 Å². The SMILES string of the molecule is CC(C)(O)c1cc(C(F)F)cc(F)c1F. The van der Waals surface area contributed by atoms with Gasteiger partial charge in [-0.25, -0.2) is 17.6 Å². The zero-order valence-corrected chi connectivity index (χ0v) is 8.19. The van der Waals surface area contributed by atoms with Crippen LogP contribution < -0.4 is 0 Å². The minimum atomic E-state index is -2.90. The van der Waals surface area contributed by atoms with Crippen molar-refractivity contribution in [1.82, 2.24) is 0 Å². The number of benzene rings is 1. The van der Waals surface area contributed by atoms with Crippen LogP contribution in [0.15, 0.2) is 12.1 Å². The predicted octanol–water partition coefficient (Wildman–Crippen LogP) is 3.13. The lowest BCUT2D eigenvalue weighted by atomic mass is 9.95. The van der Waals surface area contributed by atoms with Gasteiger partial charge in [-0.15, -0.1) is 0 Å². The molecule has 0 spiro atoms. The van der Waals surface area contributed by atoms with E-state index in [1.54, 1.807) is 0 Å². The highest BCUT2D eigenvalue weighted by Crippen LogP contribution is 2.29. The van der Waals surface area contributed by atoms with E-state index in [0.717, 1.165) is 6.07 Å². The minimum absolute atomic E-state index is 0.426. The second kappa shape index (κ2) is 3.81. The molecule has 0 heterocycles. The van der Waals surface area contributed by atoms with Crippen molar-refractivity contribution >= 4 is 0 Å². The van der Waals surface area contributed by atoms with Crippen LogP contribution in [0.2, 0.25) is 0 Å². The molecule has 1 nitrogen and oxygen atoms in total. The van der Waals surface area contributed by atoms with Gasteiger partial charge in [-0.3, -0.25) is 0 Å². The van der Waals surface area contributed by atoms with E-state index in [0.29, 0.717) is 6.07 Å². The second-order valence-corrected chi connectivity index (χ2v) is 3.72. The molecule has 0 saturated heterocycles. The number of aliphatic hydroxyl groups is 1. The largest absolute Gasteiger partial charge is 0.386 e. The van der Waals surface area contributed by atoms with Crippen LogP contribution >= 0.6 is 0 Å². The molecule has 1 aromatic carbocycles. The van der Waals surface area contributed by atoms with Crippen LogP contribution in [0.25, 0.3) is 0 Å². The Labute approximate surface area is 84.3 Å². The molecule has 0 amide bonds. The van der Waals surface area contributed by atoms with Gasteiger partial charge in [-0.1, -0.05) is 0 Å². The Balaban J connectivity index is 3.38. The van der Waals surface area contributed by atoms with E-state index in [1.807, 2.05) is 0 Å². The Morgan fingerprint density at radius 2 is 1.73 bits per heavy atom. The van der Waals surface area contributed by atoms with Gasteiger partial charge >= 0.3 is 0 Å². The third-order valence-corrected chi connectivity index (χ3v) is 1.96. The topological polar surface area (TPSA) is 20.2 Å². The maximum atomic E-state index is 13.2. The maximum absolute atomic E-state index is 13.2. The molecule has 5 heteroatoms. The van der Waals surface area contributed by atoms with Crippen molar-refractivity contribution in [3.05, 3.63) is 34.9 Å². The van der Waals surface area contributed by atoms with Crippen molar-refractivity contribution in [2.24, 2.45) is 0 Å². The Morgan fingerprint density at radius 3 is 2.13 bits per heavy atom. The van der Waals surface area contributed by atoms with E-state index in [1.165, 1.54) is 13.8 Å². The number of alkyl halides is 2. The van der Waals surface area contributed by atoms with E-state index in [4.69, 9.17) is 0 Å². The smallest absolute Gasteiger partial charge is 0.263 e. The summed E-state index contributed by atoms with van der Waals surface area (Å²) in [7, 11) is 0. The van der Waals surface area contributed by atoms with Gasteiger partial charge in [-0.05, 0) is 26.0 Å². The summed E-state index contributed by atoms with van der Waals surface area (Å²) in [5.74, 6) is -2.68. The summed E-state index contributed by atoms with van der Waals surface area (Å²) < 4.78 is 50.6. The molecule has 84 valence electrons. The lowest BCUT2D eigenvalue weighted by Gasteiger charge is -2.19. The van der Waals surface area contributed by atoms with Gasteiger partial charge < -0.3 is 5.11 Å². The Morgan fingerprint density at radius 1 is 1.20 bits per heavy atom. The Bertz CT molecular complexity index is 368. The van der Waals surface area contributed by atoms with Gasteiger partial charge in [0.1, 0.15) is 0 Å². The molecule has 0 aliphatic heterocycles. The first-order valence-corrected chi connectivity index (χ1v) is 4.23. The van der Waals surface area contributed by atoms with E-state index in [2.05, 4.69) is 0 Å². The summed E-state index contributed by atoms with van der Waals surface area (Å²) in [4.78, 5) is 0. The van der Waals surface area contributed by atoms with Crippen LogP contribution in [0.4, 0.5) is 17.6 Å². The molecule has 1 rings (SSSR count). The van der Waals surface area contributed by atoms with Crippen molar-refractivity contribution in [2.75, 3.05) is 0 Å². The molecular formula is C10H10F4O. The van der Waals surface area contributed by atoms with E-state index < -0.39 is 34.8 Å². The fourth-order valence-corrected chi connectivity index (χ4v) is 1.18. The van der Waals surface area contributed by atoms with Crippen LogP contribution in [0.1, 0.15) is 31.4 Å². The molecule has 1 aromatic rings. The number of hydrogen-bond donors (Lipinski definition) is 1. The summed E-state index contributed by atoms with van der Waals surface area (Å²) in [5.41, 5.74) is -2.82. The van der Waals surface area contributed by atoms with Crippen LogP contribution in [-0.4, -0.2) is 5.11 Å². The summed E-state index contributed by atoms with van der Waals surface area (Å²) >= 11 is 0. The molecule has 0 aliphatic carbocycles. The van der Waals surface area contributed by atoms with Gasteiger partial charge in [0.2, 0.25) is 0 Å². The Hall–Kier alpha value is -1.10. The monoisotopic (exact) mass is 222 g/mol. The normalized spacial score (nSPS) is 12.3. The lowest BCUT2D eigenvalue weighted by Crippen LogP contribution is -2.19. The molecule has 0 atom stereocenters. The first-order chi connectivity index (χ1) is 6.73. The number of halogens is 4. The van der Waals surface area contributed by atoms with Crippen LogP contribution in [0.5, 0.6) is 0 Å². The third-order valence-electron chi connectivity index (χ3n) is 1.96. The predicted molar refractivity (Wildman–Crippen MR) is 46.6 cm³/mol. The van der Waals surface area contributed by atoms with Gasteiger partial charge in [-0.2, -0.15) is 0 Å². The summed E-state index contributed by atoms with van der Waals surface area (Å²) in [6.07, 6.45) is -2.90. The molecule has 15 heavy (non-hydrogen) atoms. The summed E-state index contributed by atoms with van der Waals surface area (Å²) in [6, 6.07) is 1.19. The summed E-state index contributed by atoms with van der Waals surface area (Å²) in [6.45, 7) is 2.39. The molecule has 0 aliphatic rings. The van der Waals surface area contributed by atoms with E-state index in [9.17, 15) is 22.7 Å². The molecule has 0 fully saturated rings. The van der Waals surface area contributed by atoms with Crippen molar-refractivity contribution in [1.29, 1.82) is 0 Å². The maximum Gasteiger partial charge on any atom is 0.263 e.